The molecule has 1 aliphatic heterocycles. The molecule has 6 heteroatoms. The van der Waals surface area contributed by atoms with Crippen molar-refractivity contribution in [2.24, 2.45) is 0 Å². The Hall–Kier alpha value is -2.91. The Bertz CT molecular complexity index is 741. The number of rotatable bonds is 5. The molecule has 0 bridgehead atoms. The van der Waals surface area contributed by atoms with Gasteiger partial charge >= 0.3 is 0 Å². The van der Waals surface area contributed by atoms with Crippen LogP contribution in [-0.2, 0) is 16.0 Å². The molecule has 1 aliphatic rings. The summed E-state index contributed by atoms with van der Waals surface area (Å²) in [6.45, 7) is 0.996. The minimum Gasteiger partial charge on any atom is -0.486 e. The Morgan fingerprint density at radius 3 is 2.88 bits per heavy atom. The Morgan fingerprint density at radius 1 is 1.32 bits per heavy atom. The first-order chi connectivity index (χ1) is 12.2. The molecule has 0 aliphatic carbocycles. The number of amides is 1. The number of ether oxygens (including phenoxy) is 2. The largest absolute Gasteiger partial charge is 0.486 e. The maximum absolute atomic E-state index is 12.3. The lowest BCUT2D eigenvalue weighted by atomic mass is 10.1. The molecule has 6 nitrogen and oxygen atoms in total. The molecule has 25 heavy (non-hydrogen) atoms. The predicted molar refractivity (Wildman–Crippen MR) is 90.9 cm³/mol. The van der Waals surface area contributed by atoms with Crippen molar-refractivity contribution in [3.05, 3.63) is 59.9 Å². The zero-order valence-corrected chi connectivity index (χ0v) is 13.7. The van der Waals surface area contributed by atoms with E-state index in [1.54, 1.807) is 30.5 Å². The van der Waals surface area contributed by atoms with E-state index in [1.165, 1.54) is 0 Å². The van der Waals surface area contributed by atoms with E-state index in [0.29, 0.717) is 30.9 Å². The first kappa shape index (κ1) is 16.9. The first-order valence-corrected chi connectivity index (χ1v) is 8.18. The Balaban J connectivity index is 1.60. The van der Waals surface area contributed by atoms with Crippen molar-refractivity contribution in [1.29, 1.82) is 5.26 Å². The molecule has 1 fully saturated rings. The standard InChI is InChI=1S/C19H19N3O3/c20-12-14-4-6-16(7-5-14)25-18-13-24-10-8-17(18)22-19(23)11-15-3-1-2-9-21-15/h1-7,9,17-18H,8,10-11,13H2,(H,22,23)/t17-,18-/m1/s1. The van der Waals surface area contributed by atoms with Gasteiger partial charge in [0.25, 0.3) is 0 Å². The minimum absolute atomic E-state index is 0.0842. The van der Waals surface area contributed by atoms with Gasteiger partial charge in [0.05, 0.1) is 30.7 Å². The Morgan fingerprint density at radius 2 is 2.16 bits per heavy atom. The second kappa shape index (κ2) is 8.27. The van der Waals surface area contributed by atoms with E-state index in [0.717, 1.165) is 5.69 Å². The molecule has 1 N–H and O–H groups in total. The maximum Gasteiger partial charge on any atom is 0.226 e. The van der Waals surface area contributed by atoms with Crippen LogP contribution < -0.4 is 10.1 Å². The van der Waals surface area contributed by atoms with Gasteiger partial charge in [-0.1, -0.05) is 6.07 Å². The third kappa shape index (κ3) is 4.78. The van der Waals surface area contributed by atoms with E-state index in [4.69, 9.17) is 14.7 Å². The third-order valence-corrected chi connectivity index (χ3v) is 3.99. The molecule has 0 spiro atoms. The number of pyridine rings is 1. The highest BCUT2D eigenvalue weighted by atomic mass is 16.5. The summed E-state index contributed by atoms with van der Waals surface area (Å²) in [5.41, 5.74) is 1.31. The summed E-state index contributed by atoms with van der Waals surface area (Å²) in [5.74, 6) is 0.567. The smallest absolute Gasteiger partial charge is 0.226 e. The summed E-state index contributed by atoms with van der Waals surface area (Å²) >= 11 is 0. The Labute approximate surface area is 146 Å². The fraction of sp³-hybridized carbons (Fsp3) is 0.316. The number of nitrogens with zero attached hydrogens (tertiary/aromatic N) is 2. The molecule has 0 radical (unpaired) electrons. The van der Waals surface area contributed by atoms with Gasteiger partial charge in [-0.2, -0.15) is 5.26 Å². The molecule has 3 rings (SSSR count). The molecule has 1 aromatic carbocycles. The average molecular weight is 337 g/mol. The van der Waals surface area contributed by atoms with Crippen molar-refractivity contribution in [3.8, 4) is 11.8 Å². The van der Waals surface area contributed by atoms with Crippen molar-refractivity contribution in [3.63, 3.8) is 0 Å². The van der Waals surface area contributed by atoms with Crippen LogP contribution in [0.5, 0.6) is 5.75 Å². The van der Waals surface area contributed by atoms with E-state index in [-0.39, 0.29) is 24.5 Å². The second-order valence-electron chi connectivity index (χ2n) is 5.83. The number of aromatic nitrogens is 1. The van der Waals surface area contributed by atoms with Crippen LogP contribution in [0.3, 0.4) is 0 Å². The molecule has 1 amide bonds. The van der Waals surface area contributed by atoms with Crippen LogP contribution in [0.1, 0.15) is 17.7 Å². The molecule has 1 aromatic heterocycles. The summed E-state index contributed by atoms with van der Waals surface area (Å²) in [4.78, 5) is 16.5. The van der Waals surface area contributed by atoms with Crippen LogP contribution >= 0.6 is 0 Å². The van der Waals surface area contributed by atoms with Gasteiger partial charge in [-0.05, 0) is 42.8 Å². The van der Waals surface area contributed by atoms with Gasteiger partial charge < -0.3 is 14.8 Å². The summed E-state index contributed by atoms with van der Waals surface area (Å²) < 4.78 is 11.4. The average Bonchev–Trinajstić information content (AvgIpc) is 2.65. The van der Waals surface area contributed by atoms with Crippen molar-refractivity contribution >= 4 is 5.91 Å². The third-order valence-electron chi connectivity index (χ3n) is 3.99. The van der Waals surface area contributed by atoms with Crippen molar-refractivity contribution < 1.29 is 14.3 Å². The maximum atomic E-state index is 12.3. The number of benzene rings is 1. The lowest BCUT2D eigenvalue weighted by Crippen LogP contribution is -2.51. The topological polar surface area (TPSA) is 84.2 Å². The molecule has 1 saturated heterocycles. The van der Waals surface area contributed by atoms with Crippen molar-refractivity contribution in [1.82, 2.24) is 10.3 Å². The summed E-state index contributed by atoms with van der Waals surface area (Å²) in [5, 5.41) is 11.9. The predicted octanol–water partition coefficient (Wildman–Crippen LogP) is 1.85. The fourth-order valence-corrected chi connectivity index (χ4v) is 2.70. The van der Waals surface area contributed by atoms with Crippen LogP contribution in [0.25, 0.3) is 0 Å². The van der Waals surface area contributed by atoms with Crippen molar-refractivity contribution in [2.45, 2.75) is 25.0 Å². The number of carbonyl (C=O) groups is 1. The van der Waals surface area contributed by atoms with Crippen LogP contribution in [0.4, 0.5) is 0 Å². The van der Waals surface area contributed by atoms with Gasteiger partial charge in [-0.3, -0.25) is 9.78 Å². The molecule has 0 unspecified atom stereocenters. The van der Waals surface area contributed by atoms with Gasteiger partial charge in [-0.15, -0.1) is 0 Å². The molecule has 2 aromatic rings. The molecule has 2 heterocycles. The number of nitriles is 1. The SMILES string of the molecule is N#Cc1ccc(O[C@@H]2COCC[C@H]2NC(=O)Cc2ccccn2)cc1. The zero-order valence-electron chi connectivity index (χ0n) is 13.7. The summed E-state index contributed by atoms with van der Waals surface area (Å²) in [6, 6.07) is 14.4. The number of hydrogen-bond acceptors (Lipinski definition) is 5. The van der Waals surface area contributed by atoms with Gasteiger partial charge in [0.15, 0.2) is 0 Å². The molecular weight excluding hydrogens is 318 g/mol. The van der Waals surface area contributed by atoms with Crippen molar-refractivity contribution in [2.75, 3.05) is 13.2 Å². The van der Waals surface area contributed by atoms with E-state index in [2.05, 4.69) is 16.4 Å². The first-order valence-electron chi connectivity index (χ1n) is 8.18. The van der Waals surface area contributed by atoms with Crippen LogP contribution in [0, 0.1) is 11.3 Å². The monoisotopic (exact) mass is 337 g/mol. The highest BCUT2D eigenvalue weighted by Crippen LogP contribution is 2.18. The summed E-state index contributed by atoms with van der Waals surface area (Å²) in [6.07, 6.45) is 2.33. The highest BCUT2D eigenvalue weighted by molar-refractivity contribution is 5.78. The Kier molecular flexibility index (Phi) is 5.60. The number of hydrogen-bond donors (Lipinski definition) is 1. The quantitative estimate of drug-likeness (QED) is 0.900. The van der Waals surface area contributed by atoms with Gasteiger partial charge in [0.2, 0.25) is 5.91 Å². The number of carbonyl (C=O) groups excluding carboxylic acids is 1. The van der Waals surface area contributed by atoms with Crippen LogP contribution in [0.2, 0.25) is 0 Å². The van der Waals surface area contributed by atoms with E-state index in [9.17, 15) is 4.79 Å². The van der Waals surface area contributed by atoms with E-state index < -0.39 is 0 Å². The lowest BCUT2D eigenvalue weighted by molar-refractivity contribution is -0.123. The van der Waals surface area contributed by atoms with Gasteiger partial charge in [0, 0.05) is 18.5 Å². The molecule has 0 saturated carbocycles. The molecule has 128 valence electrons. The zero-order chi connectivity index (χ0) is 17.5. The van der Waals surface area contributed by atoms with Gasteiger partial charge in [0.1, 0.15) is 11.9 Å². The lowest BCUT2D eigenvalue weighted by Gasteiger charge is -2.32. The minimum atomic E-state index is -0.269. The molecule has 2 atom stereocenters. The van der Waals surface area contributed by atoms with Crippen LogP contribution in [-0.4, -0.2) is 36.3 Å². The number of nitrogens with one attached hydrogen (secondary N) is 1. The highest BCUT2D eigenvalue weighted by Gasteiger charge is 2.29. The molecular formula is C19H19N3O3. The second-order valence-corrected chi connectivity index (χ2v) is 5.83. The van der Waals surface area contributed by atoms with E-state index in [1.807, 2.05) is 18.2 Å². The van der Waals surface area contributed by atoms with Gasteiger partial charge in [-0.25, -0.2) is 0 Å². The normalized spacial score (nSPS) is 19.6. The fourth-order valence-electron chi connectivity index (χ4n) is 2.70. The van der Waals surface area contributed by atoms with E-state index >= 15 is 0 Å². The van der Waals surface area contributed by atoms with Crippen LogP contribution in [0.15, 0.2) is 48.7 Å². The summed E-state index contributed by atoms with van der Waals surface area (Å²) in [7, 11) is 0.